The second kappa shape index (κ2) is 5.21. The van der Waals surface area contributed by atoms with Crippen LogP contribution in [0.2, 0.25) is 0 Å². The number of aryl methyl sites for hydroxylation is 1. The fraction of sp³-hybridized carbons (Fsp3) is 0.176. The molecule has 0 amide bonds. The minimum atomic E-state index is -0.295. The lowest BCUT2D eigenvalue weighted by Gasteiger charge is -2.16. The Morgan fingerprint density at radius 2 is 2.06 bits per heavy atom. The van der Waals surface area contributed by atoms with Crippen LogP contribution in [0.15, 0.2) is 47.9 Å². The van der Waals surface area contributed by atoms with Crippen LogP contribution in [0.5, 0.6) is 0 Å². The SMILES string of the molecule is C#CCC1(C#Cc2ccc(C)cc2)C=CC(=C)S1. The molecule has 1 atom stereocenters. The summed E-state index contributed by atoms with van der Waals surface area (Å²) in [5.74, 6) is 9.19. The van der Waals surface area contributed by atoms with Gasteiger partial charge in [0.05, 0.1) is 0 Å². The molecular formula is C17H14S. The Labute approximate surface area is 113 Å². The molecule has 88 valence electrons. The summed E-state index contributed by atoms with van der Waals surface area (Å²) in [7, 11) is 0. The van der Waals surface area contributed by atoms with Crippen LogP contribution in [0, 0.1) is 31.1 Å². The lowest BCUT2D eigenvalue weighted by Crippen LogP contribution is -2.15. The van der Waals surface area contributed by atoms with Crippen molar-refractivity contribution < 1.29 is 0 Å². The van der Waals surface area contributed by atoms with Crippen molar-refractivity contribution in [3.05, 3.63) is 59.0 Å². The van der Waals surface area contributed by atoms with Crippen molar-refractivity contribution in [1.29, 1.82) is 0 Å². The molecule has 0 N–H and O–H groups in total. The summed E-state index contributed by atoms with van der Waals surface area (Å²) < 4.78 is -0.295. The van der Waals surface area contributed by atoms with E-state index in [1.807, 2.05) is 18.2 Å². The summed E-state index contributed by atoms with van der Waals surface area (Å²) in [5, 5.41) is 0. The van der Waals surface area contributed by atoms with Crippen LogP contribution >= 0.6 is 11.8 Å². The first-order chi connectivity index (χ1) is 8.63. The third-order valence-corrected chi connectivity index (χ3v) is 3.83. The standard InChI is InChI=1S/C17H14S/c1-4-11-17(12-9-15(3)18-17)13-10-16-7-5-14(2)6-8-16/h1,5-9,12H,3,11H2,2H3. The molecule has 1 unspecified atom stereocenters. The topological polar surface area (TPSA) is 0 Å². The molecule has 0 bridgehead atoms. The third-order valence-electron chi connectivity index (χ3n) is 2.69. The molecule has 1 aliphatic rings. The van der Waals surface area contributed by atoms with Gasteiger partial charge in [-0.2, -0.15) is 0 Å². The van der Waals surface area contributed by atoms with Crippen molar-refractivity contribution >= 4 is 11.8 Å². The van der Waals surface area contributed by atoms with Gasteiger partial charge < -0.3 is 0 Å². The van der Waals surface area contributed by atoms with Crippen molar-refractivity contribution in [3.63, 3.8) is 0 Å². The molecule has 1 heteroatoms. The van der Waals surface area contributed by atoms with Crippen molar-refractivity contribution in [2.75, 3.05) is 0 Å². The van der Waals surface area contributed by atoms with Gasteiger partial charge in [-0.15, -0.1) is 24.1 Å². The van der Waals surface area contributed by atoms with Gasteiger partial charge in [0.25, 0.3) is 0 Å². The first-order valence-electron chi connectivity index (χ1n) is 5.74. The lowest BCUT2D eigenvalue weighted by atomic mass is 10.0. The molecule has 0 nitrogen and oxygen atoms in total. The van der Waals surface area contributed by atoms with Crippen LogP contribution in [-0.2, 0) is 0 Å². The number of allylic oxidation sites excluding steroid dienone is 1. The minimum Gasteiger partial charge on any atom is -0.120 e. The van der Waals surface area contributed by atoms with E-state index in [0.29, 0.717) is 6.42 Å². The highest BCUT2D eigenvalue weighted by Crippen LogP contribution is 2.41. The van der Waals surface area contributed by atoms with E-state index in [1.54, 1.807) is 11.8 Å². The predicted molar refractivity (Wildman–Crippen MR) is 80.1 cm³/mol. The van der Waals surface area contributed by atoms with Gasteiger partial charge in [-0.3, -0.25) is 0 Å². The average molecular weight is 250 g/mol. The van der Waals surface area contributed by atoms with E-state index in [1.165, 1.54) is 5.56 Å². The molecule has 1 aromatic rings. The normalized spacial score (nSPS) is 21.2. The van der Waals surface area contributed by atoms with Crippen molar-refractivity contribution in [3.8, 4) is 24.2 Å². The highest BCUT2D eigenvalue weighted by molar-refractivity contribution is 8.05. The molecule has 1 aliphatic heterocycles. The monoisotopic (exact) mass is 250 g/mol. The maximum absolute atomic E-state index is 5.43. The van der Waals surface area contributed by atoms with Gasteiger partial charge in [-0.1, -0.05) is 48.3 Å². The van der Waals surface area contributed by atoms with Crippen molar-refractivity contribution in [1.82, 2.24) is 0 Å². The van der Waals surface area contributed by atoms with E-state index in [-0.39, 0.29) is 4.75 Å². The molecule has 2 rings (SSSR count). The third kappa shape index (κ3) is 2.89. The Kier molecular flexibility index (Phi) is 3.66. The average Bonchev–Trinajstić information content (AvgIpc) is 2.71. The largest absolute Gasteiger partial charge is 0.120 e. The molecule has 0 aliphatic carbocycles. The molecule has 1 heterocycles. The van der Waals surface area contributed by atoms with E-state index >= 15 is 0 Å². The fourth-order valence-electron chi connectivity index (χ4n) is 1.70. The van der Waals surface area contributed by atoms with E-state index in [4.69, 9.17) is 6.42 Å². The van der Waals surface area contributed by atoms with Gasteiger partial charge in [-0.25, -0.2) is 0 Å². The molecule has 0 aromatic heterocycles. The number of terminal acetylenes is 1. The Balaban J connectivity index is 2.26. The molecule has 0 saturated carbocycles. The van der Waals surface area contributed by atoms with Crippen LogP contribution in [0.1, 0.15) is 17.5 Å². The Hall–Kier alpha value is -1.83. The smallest absolute Gasteiger partial charge is 0.111 e. The number of hydrogen-bond acceptors (Lipinski definition) is 1. The second-order valence-electron chi connectivity index (χ2n) is 4.29. The van der Waals surface area contributed by atoms with Crippen molar-refractivity contribution in [2.45, 2.75) is 18.1 Å². The molecule has 0 radical (unpaired) electrons. The number of hydrogen-bond donors (Lipinski definition) is 0. The quantitative estimate of drug-likeness (QED) is 0.681. The maximum Gasteiger partial charge on any atom is 0.111 e. The Bertz CT molecular complexity index is 587. The van der Waals surface area contributed by atoms with Crippen LogP contribution in [0.4, 0.5) is 0 Å². The number of rotatable bonds is 1. The summed E-state index contributed by atoms with van der Waals surface area (Å²) in [6.07, 6.45) is 10.1. The number of benzene rings is 1. The van der Waals surface area contributed by atoms with Crippen LogP contribution in [0.3, 0.4) is 0 Å². The molecule has 0 saturated heterocycles. The van der Waals surface area contributed by atoms with Crippen LogP contribution in [-0.4, -0.2) is 4.75 Å². The zero-order chi connectivity index (χ0) is 13.0. The Morgan fingerprint density at radius 3 is 2.61 bits per heavy atom. The Morgan fingerprint density at radius 1 is 1.33 bits per heavy atom. The summed E-state index contributed by atoms with van der Waals surface area (Å²) in [5.41, 5.74) is 2.26. The minimum absolute atomic E-state index is 0.295. The predicted octanol–water partition coefficient (Wildman–Crippen LogP) is 3.93. The molecule has 0 spiro atoms. The van der Waals surface area contributed by atoms with Gasteiger partial charge in [0.1, 0.15) is 4.75 Å². The van der Waals surface area contributed by atoms with E-state index in [2.05, 4.69) is 49.5 Å². The van der Waals surface area contributed by atoms with Gasteiger partial charge >= 0.3 is 0 Å². The summed E-state index contributed by atoms with van der Waals surface area (Å²) in [4.78, 5) is 1.02. The van der Waals surface area contributed by atoms with Crippen molar-refractivity contribution in [2.24, 2.45) is 0 Å². The second-order valence-corrected chi connectivity index (χ2v) is 5.75. The van der Waals surface area contributed by atoms with Crippen LogP contribution in [0.25, 0.3) is 0 Å². The molecule has 18 heavy (non-hydrogen) atoms. The van der Waals surface area contributed by atoms with Crippen LogP contribution < -0.4 is 0 Å². The highest BCUT2D eigenvalue weighted by atomic mass is 32.2. The highest BCUT2D eigenvalue weighted by Gasteiger charge is 2.29. The molecular weight excluding hydrogens is 236 g/mol. The van der Waals surface area contributed by atoms with Gasteiger partial charge in [0.2, 0.25) is 0 Å². The summed E-state index contributed by atoms with van der Waals surface area (Å²) >= 11 is 1.64. The summed E-state index contributed by atoms with van der Waals surface area (Å²) in [6.45, 7) is 6.00. The van der Waals surface area contributed by atoms with Gasteiger partial charge in [0.15, 0.2) is 0 Å². The zero-order valence-electron chi connectivity index (χ0n) is 10.4. The van der Waals surface area contributed by atoms with Gasteiger partial charge in [0, 0.05) is 16.9 Å². The number of thioether (sulfide) groups is 1. The summed E-state index contributed by atoms with van der Waals surface area (Å²) in [6, 6.07) is 8.19. The molecule has 1 aromatic carbocycles. The van der Waals surface area contributed by atoms with E-state index < -0.39 is 0 Å². The zero-order valence-corrected chi connectivity index (χ0v) is 11.2. The first-order valence-corrected chi connectivity index (χ1v) is 6.56. The van der Waals surface area contributed by atoms with Gasteiger partial charge in [-0.05, 0) is 19.1 Å². The molecule has 0 fully saturated rings. The fourth-order valence-corrected chi connectivity index (χ4v) is 2.70. The van der Waals surface area contributed by atoms with E-state index in [9.17, 15) is 0 Å². The maximum atomic E-state index is 5.43. The first kappa shape index (κ1) is 12.6. The van der Waals surface area contributed by atoms with E-state index in [0.717, 1.165) is 10.5 Å². The lowest BCUT2D eigenvalue weighted by molar-refractivity contribution is 0.959.